The smallest absolute Gasteiger partial charge is 0.270 e. The average molecular weight is 375 g/mol. The van der Waals surface area contributed by atoms with Crippen LogP contribution in [0.25, 0.3) is 0 Å². The number of aliphatic imine (C=N–C) groups is 1. The molecule has 4 aliphatic rings. The van der Waals surface area contributed by atoms with Gasteiger partial charge in [0.2, 0.25) is 11.9 Å². The fourth-order valence-corrected chi connectivity index (χ4v) is 4.97. The monoisotopic (exact) mass is 374 g/mol. The van der Waals surface area contributed by atoms with Crippen LogP contribution < -0.4 is 0 Å². The molecule has 27 heavy (non-hydrogen) atoms. The standard InChI is InChI=1S/C20H32N5O2/c1-13(2)10-25-18(26)16-17(22(4)20(25)27)21-19-23(11-14(3)12-24(16)19)15-8-6-5-7-9-15/h13-16H,5-12H2,1-4H3/q+1. The van der Waals surface area contributed by atoms with Gasteiger partial charge in [0.25, 0.3) is 5.91 Å². The van der Waals surface area contributed by atoms with Gasteiger partial charge in [-0.25, -0.2) is 9.37 Å². The maximum Gasteiger partial charge on any atom is 0.392 e. The van der Waals surface area contributed by atoms with Gasteiger partial charge in [-0.2, -0.15) is 0 Å². The first-order valence-electron chi connectivity index (χ1n) is 10.5. The Bertz CT molecular complexity index is 707. The summed E-state index contributed by atoms with van der Waals surface area (Å²) in [6.07, 6.45) is 6.24. The van der Waals surface area contributed by atoms with Crippen molar-refractivity contribution in [2.45, 2.75) is 65.0 Å². The molecule has 1 saturated heterocycles. The summed E-state index contributed by atoms with van der Waals surface area (Å²) in [5, 5.41) is 0. The van der Waals surface area contributed by atoms with Crippen LogP contribution in [0.5, 0.6) is 0 Å². The van der Waals surface area contributed by atoms with E-state index in [2.05, 4.69) is 16.4 Å². The number of guanidine groups is 1. The molecular formula is C20H32N5O2+. The third kappa shape index (κ3) is 3.05. The Hall–Kier alpha value is -1.92. The summed E-state index contributed by atoms with van der Waals surface area (Å²) in [5.74, 6) is 2.13. The van der Waals surface area contributed by atoms with Gasteiger partial charge < -0.3 is 0 Å². The Balaban J connectivity index is 1.70. The number of rotatable bonds is 3. The first-order valence-corrected chi connectivity index (χ1v) is 10.5. The number of nitrogens with zero attached hydrogens (tertiary/aromatic N) is 5. The van der Waals surface area contributed by atoms with Crippen molar-refractivity contribution in [1.82, 2.24) is 14.7 Å². The molecule has 3 amide bonds. The zero-order valence-electron chi connectivity index (χ0n) is 17.0. The van der Waals surface area contributed by atoms with Crippen molar-refractivity contribution in [3.63, 3.8) is 0 Å². The van der Waals surface area contributed by atoms with Crippen LogP contribution in [0.3, 0.4) is 0 Å². The van der Waals surface area contributed by atoms with Crippen LogP contribution in [0.1, 0.15) is 52.9 Å². The molecule has 0 bridgehead atoms. The van der Waals surface area contributed by atoms with E-state index in [1.165, 1.54) is 37.0 Å². The molecule has 7 heteroatoms. The van der Waals surface area contributed by atoms with E-state index in [4.69, 9.17) is 4.99 Å². The molecule has 0 aromatic carbocycles. The van der Waals surface area contributed by atoms with E-state index in [1.54, 1.807) is 11.9 Å². The predicted octanol–water partition coefficient (Wildman–Crippen LogP) is 1.97. The highest BCUT2D eigenvalue weighted by Crippen LogP contribution is 2.30. The van der Waals surface area contributed by atoms with Crippen molar-refractivity contribution < 1.29 is 14.2 Å². The summed E-state index contributed by atoms with van der Waals surface area (Å²) in [6.45, 7) is 8.57. The van der Waals surface area contributed by atoms with Crippen molar-refractivity contribution in [3.8, 4) is 0 Å². The Labute approximate surface area is 161 Å². The van der Waals surface area contributed by atoms with Gasteiger partial charge in [-0.3, -0.25) is 19.5 Å². The third-order valence-corrected chi connectivity index (χ3v) is 6.23. The Kier molecular flexibility index (Phi) is 4.72. The summed E-state index contributed by atoms with van der Waals surface area (Å²) in [7, 11) is 1.75. The van der Waals surface area contributed by atoms with Crippen molar-refractivity contribution in [3.05, 3.63) is 0 Å². The van der Waals surface area contributed by atoms with E-state index >= 15 is 0 Å². The number of imide groups is 1. The summed E-state index contributed by atoms with van der Waals surface area (Å²) < 4.78 is 2.16. The molecule has 2 fully saturated rings. The van der Waals surface area contributed by atoms with Gasteiger partial charge in [-0.15, -0.1) is 0 Å². The maximum atomic E-state index is 13.3. The second kappa shape index (κ2) is 6.91. The van der Waals surface area contributed by atoms with Gasteiger partial charge in [0.1, 0.15) is 0 Å². The minimum Gasteiger partial charge on any atom is -0.270 e. The van der Waals surface area contributed by atoms with Crippen LogP contribution >= 0.6 is 0 Å². The Morgan fingerprint density at radius 2 is 1.89 bits per heavy atom. The van der Waals surface area contributed by atoms with Gasteiger partial charge in [0, 0.05) is 19.5 Å². The molecule has 0 radical (unpaired) electrons. The molecule has 0 spiro atoms. The second-order valence-corrected chi connectivity index (χ2v) is 9.06. The molecule has 3 heterocycles. The highest BCUT2D eigenvalue weighted by molar-refractivity contribution is 6.22. The van der Waals surface area contributed by atoms with Crippen molar-refractivity contribution in [1.29, 1.82) is 0 Å². The lowest BCUT2D eigenvalue weighted by Gasteiger charge is -2.37. The molecule has 1 aliphatic carbocycles. The SMILES string of the molecule is CC(C)CN1C(=O)C2C(=NC3=[N+]2CC(C)CN3C2CCCCC2)N(C)C1=O. The molecule has 4 rings (SSSR count). The van der Waals surface area contributed by atoms with Crippen molar-refractivity contribution in [2.24, 2.45) is 16.8 Å². The number of likely N-dealkylation sites (N-methyl/N-ethyl adjacent to an activating group) is 1. The maximum absolute atomic E-state index is 13.3. The Morgan fingerprint density at radius 1 is 1.19 bits per heavy atom. The van der Waals surface area contributed by atoms with Gasteiger partial charge in [-0.05, 0) is 18.8 Å². The topological polar surface area (TPSA) is 59.2 Å². The zero-order valence-corrected chi connectivity index (χ0v) is 17.0. The summed E-state index contributed by atoms with van der Waals surface area (Å²) in [4.78, 5) is 36.3. The van der Waals surface area contributed by atoms with Gasteiger partial charge in [0.05, 0.1) is 19.1 Å². The normalized spacial score (nSPS) is 29.5. The molecule has 0 aromatic rings. The lowest BCUT2D eigenvalue weighted by Crippen LogP contribution is -2.64. The summed E-state index contributed by atoms with van der Waals surface area (Å²) in [5.41, 5.74) is 0. The van der Waals surface area contributed by atoms with Crippen LogP contribution in [0.4, 0.5) is 4.79 Å². The fraction of sp³-hybridized carbons (Fsp3) is 0.800. The van der Waals surface area contributed by atoms with Crippen LogP contribution in [0.2, 0.25) is 0 Å². The molecule has 0 aromatic heterocycles. The van der Waals surface area contributed by atoms with E-state index < -0.39 is 6.04 Å². The average Bonchev–Trinajstić information content (AvgIpc) is 3.03. The van der Waals surface area contributed by atoms with Crippen molar-refractivity contribution >= 4 is 23.7 Å². The van der Waals surface area contributed by atoms with Crippen LogP contribution in [0, 0.1) is 11.8 Å². The van der Waals surface area contributed by atoms with Crippen LogP contribution in [0.15, 0.2) is 4.99 Å². The molecule has 7 nitrogen and oxygen atoms in total. The van der Waals surface area contributed by atoms with E-state index in [-0.39, 0.29) is 17.9 Å². The minimum atomic E-state index is -0.449. The number of hydrogen-bond donors (Lipinski definition) is 0. The Morgan fingerprint density at radius 3 is 2.56 bits per heavy atom. The van der Waals surface area contributed by atoms with E-state index in [0.717, 1.165) is 19.0 Å². The third-order valence-electron chi connectivity index (χ3n) is 6.23. The second-order valence-electron chi connectivity index (χ2n) is 9.06. The van der Waals surface area contributed by atoms with Gasteiger partial charge in [0.15, 0.2) is 0 Å². The number of amides is 3. The molecule has 3 aliphatic heterocycles. The quantitative estimate of drug-likeness (QED) is 0.710. The molecular weight excluding hydrogens is 342 g/mol. The summed E-state index contributed by atoms with van der Waals surface area (Å²) in [6, 6.07) is -0.192. The van der Waals surface area contributed by atoms with Gasteiger partial charge in [-0.1, -0.05) is 45.0 Å². The van der Waals surface area contributed by atoms with Crippen LogP contribution in [-0.2, 0) is 4.79 Å². The number of urea groups is 1. The minimum absolute atomic E-state index is 0.113. The van der Waals surface area contributed by atoms with Gasteiger partial charge >= 0.3 is 12.0 Å². The fourth-order valence-electron chi connectivity index (χ4n) is 4.97. The largest absolute Gasteiger partial charge is 0.392 e. The van der Waals surface area contributed by atoms with E-state index in [0.29, 0.717) is 24.3 Å². The zero-order chi connectivity index (χ0) is 19.3. The molecule has 2 atom stereocenters. The first kappa shape index (κ1) is 18.4. The summed E-state index contributed by atoms with van der Waals surface area (Å²) >= 11 is 0. The van der Waals surface area contributed by atoms with Crippen LogP contribution in [-0.4, -0.2) is 81.8 Å². The first-order chi connectivity index (χ1) is 12.9. The number of fused-ring (bicyclic) bond motifs is 2. The highest BCUT2D eigenvalue weighted by Gasteiger charge is 2.55. The van der Waals surface area contributed by atoms with Crippen molar-refractivity contribution in [2.75, 3.05) is 26.7 Å². The lowest BCUT2D eigenvalue weighted by molar-refractivity contribution is -0.552. The molecule has 0 N–H and O–H groups in total. The number of hydrogen-bond acceptors (Lipinski definition) is 4. The number of carbonyl (C=O) groups excluding carboxylic acids is 2. The molecule has 1 saturated carbocycles. The number of carbonyl (C=O) groups is 2. The lowest BCUT2D eigenvalue weighted by atomic mass is 9.93. The van der Waals surface area contributed by atoms with E-state index in [9.17, 15) is 9.59 Å². The molecule has 2 unspecified atom stereocenters. The highest BCUT2D eigenvalue weighted by atomic mass is 16.2. The molecule has 148 valence electrons. The number of amidine groups is 1. The van der Waals surface area contributed by atoms with E-state index in [1.807, 2.05) is 13.8 Å². The predicted molar refractivity (Wildman–Crippen MR) is 104 cm³/mol.